The van der Waals surface area contributed by atoms with Gasteiger partial charge in [-0.3, -0.25) is 4.79 Å². The van der Waals surface area contributed by atoms with Crippen molar-refractivity contribution in [2.24, 2.45) is 0 Å². The van der Waals surface area contributed by atoms with Crippen LogP contribution in [-0.4, -0.2) is 25.5 Å². The van der Waals surface area contributed by atoms with Crippen LogP contribution >= 0.6 is 0 Å². The van der Waals surface area contributed by atoms with Gasteiger partial charge in [0.2, 0.25) is 5.91 Å². The van der Waals surface area contributed by atoms with Gasteiger partial charge in [-0.15, -0.1) is 0 Å². The molecule has 1 aromatic rings. The molecule has 0 spiro atoms. The number of hydrogen-bond donors (Lipinski definition) is 2. The number of fused-ring (bicyclic) bond motifs is 1. The monoisotopic (exact) mass is 289 g/mol. The lowest BCUT2D eigenvalue weighted by Gasteiger charge is -2.27. The molecule has 1 aliphatic heterocycles. The number of amides is 1. The zero-order chi connectivity index (χ0) is 15.4. The Morgan fingerprint density at radius 1 is 1.33 bits per heavy atom. The summed E-state index contributed by atoms with van der Waals surface area (Å²) in [5.41, 5.74) is 3.17. The van der Waals surface area contributed by atoms with Gasteiger partial charge in [0.25, 0.3) is 0 Å². The molecule has 0 aliphatic carbocycles. The number of hydrogen-bond acceptors (Lipinski definition) is 3. The van der Waals surface area contributed by atoms with Crippen molar-refractivity contribution in [1.82, 2.24) is 5.32 Å². The first kappa shape index (κ1) is 15.8. The maximum absolute atomic E-state index is 12.1. The van der Waals surface area contributed by atoms with Crippen LogP contribution in [0, 0.1) is 0 Å². The van der Waals surface area contributed by atoms with Crippen LogP contribution in [0.4, 0.5) is 11.4 Å². The molecule has 1 aliphatic rings. The topological polar surface area (TPSA) is 44.4 Å². The van der Waals surface area contributed by atoms with Crippen LogP contribution in [0.2, 0.25) is 0 Å². The number of anilines is 2. The Balaban J connectivity index is 2.17. The largest absolute Gasteiger partial charge is 0.372 e. The zero-order valence-corrected chi connectivity index (χ0v) is 13.6. The molecule has 0 saturated carbocycles. The van der Waals surface area contributed by atoms with Gasteiger partial charge in [-0.2, -0.15) is 0 Å². The van der Waals surface area contributed by atoms with Crippen molar-refractivity contribution in [3.05, 3.63) is 23.8 Å². The molecule has 0 aromatic heterocycles. The first-order valence-corrected chi connectivity index (χ1v) is 7.99. The minimum Gasteiger partial charge on any atom is -0.372 e. The van der Waals surface area contributed by atoms with Crippen LogP contribution in [0.5, 0.6) is 0 Å². The van der Waals surface area contributed by atoms with Gasteiger partial charge in [0.05, 0.1) is 0 Å². The van der Waals surface area contributed by atoms with Gasteiger partial charge >= 0.3 is 0 Å². The average molecular weight is 289 g/mol. The molecule has 2 rings (SSSR count). The Morgan fingerprint density at radius 2 is 2.10 bits per heavy atom. The normalized spacial score (nSPS) is 18.3. The van der Waals surface area contributed by atoms with Crippen molar-refractivity contribution in [3.8, 4) is 0 Å². The van der Waals surface area contributed by atoms with E-state index in [0.29, 0.717) is 6.04 Å². The molecule has 2 unspecified atom stereocenters. The summed E-state index contributed by atoms with van der Waals surface area (Å²) in [6.07, 6.45) is 3.37. The highest BCUT2D eigenvalue weighted by molar-refractivity contribution is 6.03. The third-order valence-electron chi connectivity index (χ3n) is 4.24. The fraction of sp³-hybridized carbons (Fsp3) is 0.588. The van der Waals surface area contributed by atoms with Gasteiger partial charge in [-0.1, -0.05) is 26.3 Å². The van der Waals surface area contributed by atoms with Gasteiger partial charge < -0.3 is 15.5 Å². The molecule has 0 bridgehead atoms. The molecule has 21 heavy (non-hydrogen) atoms. The second kappa shape index (κ2) is 6.94. The van der Waals surface area contributed by atoms with Gasteiger partial charge in [0, 0.05) is 30.0 Å². The van der Waals surface area contributed by atoms with E-state index in [1.807, 2.05) is 0 Å². The molecule has 1 amide bonds. The smallest absolute Gasteiger partial charge is 0.246 e. The maximum atomic E-state index is 12.1. The predicted octanol–water partition coefficient (Wildman–Crippen LogP) is 3.30. The van der Waals surface area contributed by atoms with E-state index in [1.54, 1.807) is 0 Å². The van der Waals surface area contributed by atoms with Gasteiger partial charge in [0.15, 0.2) is 0 Å². The SMILES string of the molecule is CCCNC1C(=O)Nc2cc(N(C)C(C)CCC)ccc21. The summed E-state index contributed by atoms with van der Waals surface area (Å²) in [7, 11) is 2.12. The summed E-state index contributed by atoms with van der Waals surface area (Å²) in [5, 5.41) is 6.30. The maximum Gasteiger partial charge on any atom is 0.246 e. The fourth-order valence-corrected chi connectivity index (χ4v) is 2.83. The molecule has 4 nitrogen and oxygen atoms in total. The predicted molar refractivity (Wildman–Crippen MR) is 88.9 cm³/mol. The summed E-state index contributed by atoms with van der Waals surface area (Å²) in [5.74, 6) is 0.0554. The second-order valence-electron chi connectivity index (χ2n) is 5.90. The molecule has 2 atom stereocenters. The Kier molecular flexibility index (Phi) is 5.23. The van der Waals surface area contributed by atoms with Crippen molar-refractivity contribution < 1.29 is 4.79 Å². The number of rotatable bonds is 7. The van der Waals surface area contributed by atoms with E-state index in [9.17, 15) is 4.79 Å². The first-order valence-electron chi connectivity index (χ1n) is 7.99. The molecule has 0 fully saturated rings. The molecular formula is C17H27N3O. The first-order chi connectivity index (χ1) is 10.1. The van der Waals surface area contributed by atoms with Crippen LogP contribution < -0.4 is 15.5 Å². The quantitative estimate of drug-likeness (QED) is 0.809. The van der Waals surface area contributed by atoms with E-state index < -0.39 is 0 Å². The summed E-state index contributed by atoms with van der Waals surface area (Å²) in [6, 6.07) is 6.58. The summed E-state index contributed by atoms with van der Waals surface area (Å²) >= 11 is 0. The fourth-order valence-electron chi connectivity index (χ4n) is 2.83. The van der Waals surface area contributed by atoms with E-state index in [0.717, 1.165) is 29.9 Å². The summed E-state index contributed by atoms with van der Waals surface area (Å²) < 4.78 is 0. The lowest BCUT2D eigenvalue weighted by molar-refractivity contribution is -0.117. The minimum atomic E-state index is -0.202. The number of carbonyl (C=O) groups is 1. The van der Waals surface area contributed by atoms with Crippen molar-refractivity contribution >= 4 is 17.3 Å². The van der Waals surface area contributed by atoms with Gasteiger partial charge in [0.1, 0.15) is 6.04 Å². The number of nitrogens with one attached hydrogen (secondary N) is 2. The Hall–Kier alpha value is -1.55. The van der Waals surface area contributed by atoms with Gasteiger partial charge in [-0.05, 0) is 38.4 Å². The van der Waals surface area contributed by atoms with Crippen molar-refractivity contribution in [2.75, 3.05) is 23.8 Å². The lowest BCUT2D eigenvalue weighted by Crippen LogP contribution is -2.28. The Bertz CT molecular complexity index is 501. The van der Waals surface area contributed by atoms with Crippen LogP contribution in [0.1, 0.15) is 51.6 Å². The van der Waals surface area contributed by atoms with Crippen LogP contribution in [0.25, 0.3) is 0 Å². The summed E-state index contributed by atoms with van der Waals surface area (Å²) in [6.45, 7) is 7.40. The van der Waals surface area contributed by atoms with E-state index in [2.05, 4.69) is 61.6 Å². The minimum absolute atomic E-state index is 0.0554. The van der Waals surface area contributed by atoms with E-state index in [1.165, 1.54) is 12.8 Å². The van der Waals surface area contributed by atoms with Crippen molar-refractivity contribution in [1.29, 1.82) is 0 Å². The van der Waals surface area contributed by atoms with Crippen LogP contribution in [-0.2, 0) is 4.79 Å². The van der Waals surface area contributed by atoms with Crippen molar-refractivity contribution in [3.63, 3.8) is 0 Å². The third-order valence-corrected chi connectivity index (χ3v) is 4.24. The highest BCUT2D eigenvalue weighted by atomic mass is 16.2. The molecular weight excluding hydrogens is 262 g/mol. The highest BCUT2D eigenvalue weighted by Gasteiger charge is 2.30. The zero-order valence-electron chi connectivity index (χ0n) is 13.6. The van der Waals surface area contributed by atoms with Crippen molar-refractivity contribution in [2.45, 2.75) is 52.1 Å². The second-order valence-corrected chi connectivity index (χ2v) is 5.90. The lowest BCUT2D eigenvalue weighted by atomic mass is 10.1. The number of carbonyl (C=O) groups excluding carboxylic acids is 1. The Labute approximate surface area is 127 Å². The van der Waals surface area contributed by atoms with Gasteiger partial charge in [-0.25, -0.2) is 0 Å². The molecule has 116 valence electrons. The third kappa shape index (κ3) is 3.38. The van der Waals surface area contributed by atoms with Crippen LogP contribution in [0.3, 0.4) is 0 Å². The molecule has 4 heteroatoms. The van der Waals surface area contributed by atoms with Crippen LogP contribution in [0.15, 0.2) is 18.2 Å². The van der Waals surface area contributed by atoms with E-state index in [-0.39, 0.29) is 11.9 Å². The molecule has 2 N–H and O–H groups in total. The average Bonchev–Trinajstić information content (AvgIpc) is 2.79. The molecule has 1 heterocycles. The Morgan fingerprint density at radius 3 is 2.76 bits per heavy atom. The van der Waals surface area contributed by atoms with E-state index >= 15 is 0 Å². The standard InChI is InChI=1S/C17H27N3O/c1-5-7-12(3)20(4)13-8-9-14-15(11-13)19-17(21)16(14)18-10-6-2/h8-9,11-12,16,18H,5-7,10H2,1-4H3,(H,19,21). The van der Waals surface area contributed by atoms with E-state index in [4.69, 9.17) is 0 Å². The summed E-state index contributed by atoms with van der Waals surface area (Å²) in [4.78, 5) is 14.3. The molecule has 0 radical (unpaired) electrons. The molecule has 0 saturated heterocycles. The number of benzene rings is 1. The molecule has 1 aromatic carbocycles. The number of nitrogens with zero attached hydrogens (tertiary/aromatic N) is 1. The highest BCUT2D eigenvalue weighted by Crippen LogP contribution is 2.34.